The largest absolute Gasteiger partial charge is 0.410 e. The predicted molar refractivity (Wildman–Crippen MR) is 48.3 cm³/mol. The van der Waals surface area contributed by atoms with Gasteiger partial charge >= 0.3 is 6.09 Å². The van der Waals surface area contributed by atoms with Gasteiger partial charge in [-0.3, -0.25) is 5.73 Å². The Morgan fingerprint density at radius 1 is 1.46 bits per heavy atom. The van der Waals surface area contributed by atoms with E-state index in [9.17, 15) is 4.79 Å². The lowest BCUT2D eigenvalue weighted by atomic mass is 10.1. The zero-order valence-corrected chi connectivity index (χ0v) is 7.12. The van der Waals surface area contributed by atoms with Gasteiger partial charge in [-0.25, -0.2) is 4.79 Å². The van der Waals surface area contributed by atoms with Crippen LogP contribution in [0.3, 0.4) is 0 Å². The maximum atomic E-state index is 10.5. The molecule has 0 aliphatic rings. The summed E-state index contributed by atoms with van der Waals surface area (Å²) in [6.07, 6.45) is -0.263. The molecule has 0 spiro atoms. The third-order valence-corrected chi connectivity index (χ3v) is 1.58. The van der Waals surface area contributed by atoms with Gasteiger partial charge in [0.05, 0.1) is 0 Å². The Balaban J connectivity index is 2.84. The molecule has 0 aliphatic carbocycles. The quantitative estimate of drug-likeness (QED) is 0.750. The fraction of sp³-hybridized carbons (Fsp3) is 0.222. The van der Waals surface area contributed by atoms with Crippen LogP contribution in [0.4, 0.5) is 4.79 Å². The zero-order chi connectivity index (χ0) is 9.68. The summed E-state index contributed by atoms with van der Waals surface area (Å²) in [5.74, 6) is 0.447. The molecule has 0 aliphatic heterocycles. The van der Waals surface area contributed by atoms with E-state index in [4.69, 9.17) is 16.2 Å². The predicted octanol–water partition coefficient (Wildman–Crippen LogP) is 0.970. The Morgan fingerprint density at radius 2 is 2.15 bits per heavy atom. The molecule has 0 aromatic heterocycles. The molecule has 0 bridgehead atoms. The molecule has 0 heterocycles. The van der Waals surface area contributed by atoms with E-state index in [1.807, 2.05) is 12.1 Å². The Hall–Kier alpha value is -1.55. The van der Waals surface area contributed by atoms with Crippen LogP contribution < -0.4 is 16.2 Å². The topological polar surface area (TPSA) is 76.1 Å². The summed E-state index contributed by atoms with van der Waals surface area (Å²) < 4.78 is 4.75. The molecule has 1 aromatic carbocycles. The molecule has 0 saturated carbocycles. The smallest absolute Gasteiger partial charge is 0.409 e. The molecule has 0 atom stereocenters. The highest BCUT2D eigenvalue weighted by atomic mass is 16.5. The summed E-state index contributed by atoms with van der Waals surface area (Å²) in [4.78, 5) is 10.5. The minimum Gasteiger partial charge on any atom is -0.410 e. The highest BCUT2D eigenvalue weighted by Crippen LogP contribution is 2.17. The van der Waals surface area contributed by atoms with E-state index in [1.54, 1.807) is 12.1 Å². The van der Waals surface area contributed by atoms with Crippen molar-refractivity contribution in [3.8, 4) is 5.75 Å². The molecule has 1 amide bonds. The lowest BCUT2D eigenvalue weighted by molar-refractivity contribution is 0.210. The van der Waals surface area contributed by atoms with Crippen LogP contribution in [0.5, 0.6) is 5.75 Å². The van der Waals surface area contributed by atoms with Crippen molar-refractivity contribution in [3.05, 3.63) is 29.8 Å². The Kier molecular flexibility index (Phi) is 3.28. The SMILES string of the molecule is [NH]CCc1ccccc1OC(N)=O. The lowest BCUT2D eigenvalue weighted by Gasteiger charge is -2.06. The van der Waals surface area contributed by atoms with Crippen molar-refractivity contribution < 1.29 is 9.53 Å². The number of para-hydroxylation sites is 1. The maximum Gasteiger partial charge on any atom is 0.409 e. The summed E-state index contributed by atoms with van der Waals surface area (Å²) in [7, 11) is 0. The van der Waals surface area contributed by atoms with Crippen LogP contribution in [0, 0.1) is 0 Å². The van der Waals surface area contributed by atoms with Gasteiger partial charge < -0.3 is 10.5 Å². The van der Waals surface area contributed by atoms with E-state index >= 15 is 0 Å². The second-order valence-corrected chi connectivity index (χ2v) is 2.53. The number of hydrogen-bond acceptors (Lipinski definition) is 2. The second-order valence-electron chi connectivity index (χ2n) is 2.53. The lowest BCUT2D eigenvalue weighted by Crippen LogP contribution is -2.17. The van der Waals surface area contributed by atoms with Crippen molar-refractivity contribution in [2.45, 2.75) is 6.42 Å². The van der Waals surface area contributed by atoms with E-state index in [0.717, 1.165) is 5.56 Å². The molecule has 3 N–H and O–H groups in total. The van der Waals surface area contributed by atoms with Gasteiger partial charge in [-0.2, -0.15) is 0 Å². The third kappa shape index (κ3) is 2.76. The van der Waals surface area contributed by atoms with Crippen LogP contribution >= 0.6 is 0 Å². The van der Waals surface area contributed by atoms with E-state index in [-0.39, 0.29) is 6.54 Å². The fourth-order valence-electron chi connectivity index (χ4n) is 1.05. The standard InChI is InChI=1S/C9H11N2O2/c10-6-5-7-3-1-2-4-8(7)13-9(11)12/h1-4,10H,5-6H2,(H2,11,12). The van der Waals surface area contributed by atoms with Crippen molar-refractivity contribution in [3.63, 3.8) is 0 Å². The summed E-state index contributed by atoms with van der Waals surface area (Å²) >= 11 is 0. The van der Waals surface area contributed by atoms with Crippen molar-refractivity contribution in [2.75, 3.05) is 6.54 Å². The number of rotatable bonds is 3. The van der Waals surface area contributed by atoms with Crippen molar-refractivity contribution >= 4 is 6.09 Å². The number of ether oxygens (including phenoxy) is 1. The van der Waals surface area contributed by atoms with Crippen molar-refractivity contribution in [1.82, 2.24) is 5.73 Å². The van der Waals surface area contributed by atoms with Crippen LogP contribution in [-0.2, 0) is 6.42 Å². The zero-order valence-electron chi connectivity index (χ0n) is 7.12. The van der Waals surface area contributed by atoms with E-state index in [1.165, 1.54) is 0 Å². The van der Waals surface area contributed by atoms with E-state index < -0.39 is 6.09 Å². The number of hydrogen-bond donors (Lipinski definition) is 1. The molecule has 1 radical (unpaired) electrons. The van der Waals surface area contributed by atoms with Crippen LogP contribution in [0.2, 0.25) is 0 Å². The molecule has 4 heteroatoms. The van der Waals surface area contributed by atoms with E-state index in [0.29, 0.717) is 12.2 Å². The van der Waals surface area contributed by atoms with Crippen molar-refractivity contribution in [1.29, 1.82) is 0 Å². The van der Waals surface area contributed by atoms with Gasteiger partial charge in [0, 0.05) is 6.54 Å². The molecule has 0 saturated heterocycles. The normalized spacial score (nSPS) is 9.62. The number of benzene rings is 1. The monoisotopic (exact) mass is 179 g/mol. The number of nitrogens with two attached hydrogens (primary N) is 1. The van der Waals surface area contributed by atoms with Gasteiger partial charge in [0.2, 0.25) is 0 Å². The third-order valence-electron chi connectivity index (χ3n) is 1.58. The van der Waals surface area contributed by atoms with Gasteiger partial charge in [0.1, 0.15) is 5.75 Å². The number of carbonyl (C=O) groups excluding carboxylic acids is 1. The molecule has 0 unspecified atom stereocenters. The Morgan fingerprint density at radius 3 is 2.77 bits per heavy atom. The molecular weight excluding hydrogens is 168 g/mol. The minimum atomic E-state index is -0.822. The molecule has 13 heavy (non-hydrogen) atoms. The first-order valence-electron chi connectivity index (χ1n) is 3.94. The first kappa shape index (κ1) is 9.54. The second kappa shape index (κ2) is 4.47. The first-order chi connectivity index (χ1) is 6.24. The summed E-state index contributed by atoms with van der Waals surface area (Å²) in [6.45, 7) is 0.263. The Bertz CT molecular complexity index is 299. The summed E-state index contributed by atoms with van der Waals surface area (Å²) in [5, 5.41) is 0. The number of amides is 1. The highest BCUT2D eigenvalue weighted by molar-refractivity contribution is 5.68. The first-order valence-corrected chi connectivity index (χ1v) is 3.94. The minimum absolute atomic E-state index is 0.263. The Labute approximate surface area is 76.5 Å². The highest BCUT2D eigenvalue weighted by Gasteiger charge is 2.04. The van der Waals surface area contributed by atoms with Crippen LogP contribution in [0.1, 0.15) is 5.56 Å². The van der Waals surface area contributed by atoms with Gasteiger partial charge in [0.25, 0.3) is 0 Å². The van der Waals surface area contributed by atoms with Gasteiger partial charge in [-0.1, -0.05) is 18.2 Å². The maximum absolute atomic E-state index is 10.5. The van der Waals surface area contributed by atoms with Gasteiger partial charge in [-0.05, 0) is 18.1 Å². The number of primary amides is 1. The van der Waals surface area contributed by atoms with E-state index in [2.05, 4.69) is 0 Å². The fourth-order valence-corrected chi connectivity index (χ4v) is 1.05. The van der Waals surface area contributed by atoms with Crippen molar-refractivity contribution in [2.24, 2.45) is 5.73 Å². The molecule has 1 rings (SSSR count). The van der Waals surface area contributed by atoms with Crippen LogP contribution in [0.15, 0.2) is 24.3 Å². The number of carbonyl (C=O) groups is 1. The summed E-state index contributed by atoms with van der Waals surface area (Å²) in [5.41, 5.74) is 12.8. The van der Waals surface area contributed by atoms with Gasteiger partial charge in [0.15, 0.2) is 0 Å². The molecule has 69 valence electrons. The summed E-state index contributed by atoms with van der Waals surface area (Å²) in [6, 6.07) is 7.06. The van der Waals surface area contributed by atoms with Crippen LogP contribution in [-0.4, -0.2) is 12.6 Å². The molecule has 1 aromatic rings. The van der Waals surface area contributed by atoms with Crippen LogP contribution in [0.25, 0.3) is 0 Å². The van der Waals surface area contributed by atoms with Gasteiger partial charge in [-0.15, -0.1) is 0 Å². The average Bonchev–Trinajstić information content (AvgIpc) is 2.08. The average molecular weight is 179 g/mol. The molecular formula is C9H11N2O2. The molecule has 4 nitrogen and oxygen atoms in total. The molecule has 0 fully saturated rings. The number of nitrogens with one attached hydrogen (secondary N) is 1.